The molecular weight excluding hydrogens is 387 g/mol. The Morgan fingerprint density at radius 2 is 1.87 bits per heavy atom. The smallest absolute Gasteiger partial charge is 0.254 e. The third kappa shape index (κ3) is 4.22. The maximum Gasteiger partial charge on any atom is 0.254 e. The van der Waals surface area contributed by atoms with Crippen molar-refractivity contribution in [3.05, 3.63) is 47.4 Å². The van der Waals surface area contributed by atoms with Crippen LogP contribution in [-0.2, 0) is 4.79 Å². The first-order valence-electron chi connectivity index (χ1n) is 10.7. The molecule has 2 fully saturated rings. The number of benzene rings is 1. The number of piperidine rings is 2. The Balaban J connectivity index is 1.47. The minimum Gasteiger partial charge on any atom is -0.423 e. The molecule has 0 bridgehead atoms. The van der Waals surface area contributed by atoms with Gasteiger partial charge in [0.25, 0.3) is 5.91 Å². The topological polar surface area (TPSA) is 79.5 Å². The number of carbonyl (C=O) groups is 2. The second kappa shape index (κ2) is 8.93. The van der Waals surface area contributed by atoms with Gasteiger partial charge < -0.3 is 14.2 Å². The molecule has 2 aliphatic rings. The average molecular weight is 414 g/mol. The van der Waals surface area contributed by atoms with Gasteiger partial charge in [0.05, 0.1) is 0 Å². The second-order valence-electron chi connectivity index (χ2n) is 8.01. The highest BCUT2D eigenvalue weighted by Gasteiger charge is 2.34. The molecule has 0 aliphatic carbocycles. The average Bonchev–Trinajstić information content (AvgIpc) is 3.28. The first kappa shape index (κ1) is 20.5. The summed E-state index contributed by atoms with van der Waals surface area (Å²) in [5, 5.41) is 8.53. The standard InChI is InChI=1S/C22H27FN4O3/c1-2-19(28)26-12-9-15(10-13-26)20-24-25-21(30-20)18-8-3-4-11-27(18)22(29)16-6-5-7-17(23)14-16/h5-7,14-15,18H,2-4,8-13H2,1H3/t18-/m0/s1. The predicted octanol–water partition coefficient (Wildman–Crippen LogP) is 3.69. The maximum atomic E-state index is 13.6. The summed E-state index contributed by atoms with van der Waals surface area (Å²) in [4.78, 5) is 28.5. The van der Waals surface area contributed by atoms with Crippen LogP contribution in [0.2, 0.25) is 0 Å². The van der Waals surface area contributed by atoms with Crippen molar-refractivity contribution in [1.29, 1.82) is 0 Å². The van der Waals surface area contributed by atoms with Gasteiger partial charge in [-0.05, 0) is 50.3 Å². The summed E-state index contributed by atoms with van der Waals surface area (Å²) in [5.74, 6) is 0.683. The van der Waals surface area contributed by atoms with Gasteiger partial charge in [-0.25, -0.2) is 4.39 Å². The van der Waals surface area contributed by atoms with E-state index in [9.17, 15) is 14.0 Å². The van der Waals surface area contributed by atoms with E-state index >= 15 is 0 Å². The summed E-state index contributed by atoms with van der Waals surface area (Å²) in [6.45, 7) is 3.85. The van der Waals surface area contributed by atoms with E-state index in [2.05, 4.69) is 10.2 Å². The Morgan fingerprint density at radius 3 is 2.60 bits per heavy atom. The Hall–Kier alpha value is -2.77. The lowest BCUT2D eigenvalue weighted by Crippen LogP contribution is -2.38. The Labute approximate surface area is 175 Å². The molecule has 0 N–H and O–H groups in total. The molecule has 4 rings (SSSR count). The Bertz CT molecular complexity index is 907. The number of nitrogens with zero attached hydrogens (tertiary/aromatic N) is 4. The van der Waals surface area contributed by atoms with E-state index in [-0.39, 0.29) is 23.8 Å². The monoisotopic (exact) mass is 414 g/mol. The van der Waals surface area contributed by atoms with Crippen LogP contribution >= 0.6 is 0 Å². The van der Waals surface area contributed by atoms with E-state index in [0.29, 0.717) is 43.4 Å². The Morgan fingerprint density at radius 1 is 1.10 bits per heavy atom. The molecular formula is C22H27FN4O3. The van der Waals surface area contributed by atoms with Crippen LogP contribution in [0.5, 0.6) is 0 Å². The molecule has 2 aliphatic heterocycles. The molecule has 160 valence electrons. The number of carbonyl (C=O) groups excluding carboxylic acids is 2. The lowest BCUT2D eigenvalue weighted by atomic mass is 9.96. The highest BCUT2D eigenvalue weighted by molar-refractivity contribution is 5.94. The minimum atomic E-state index is -0.428. The number of aromatic nitrogens is 2. The normalized spacial score (nSPS) is 20.4. The van der Waals surface area contributed by atoms with Gasteiger partial charge in [0.15, 0.2) is 0 Å². The van der Waals surface area contributed by atoms with Gasteiger partial charge in [-0.3, -0.25) is 9.59 Å². The summed E-state index contributed by atoms with van der Waals surface area (Å²) < 4.78 is 19.6. The van der Waals surface area contributed by atoms with Crippen LogP contribution in [0.15, 0.2) is 28.7 Å². The highest BCUT2D eigenvalue weighted by atomic mass is 19.1. The summed E-state index contributed by atoms with van der Waals surface area (Å²) in [5.41, 5.74) is 0.328. The summed E-state index contributed by atoms with van der Waals surface area (Å²) in [7, 11) is 0. The number of halogens is 1. The second-order valence-corrected chi connectivity index (χ2v) is 8.01. The van der Waals surface area contributed by atoms with Crippen molar-refractivity contribution >= 4 is 11.8 Å². The highest BCUT2D eigenvalue weighted by Crippen LogP contribution is 2.34. The number of hydrogen-bond donors (Lipinski definition) is 0. The third-order valence-corrected chi connectivity index (χ3v) is 6.08. The molecule has 1 aromatic carbocycles. The molecule has 0 radical (unpaired) electrons. The molecule has 2 aromatic rings. The first-order valence-corrected chi connectivity index (χ1v) is 10.7. The SMILES string of the molecule is CCC(=O)N1CCC(c2nnc([C@@H]3CCCCN3C(=O)c3cccc(F)c3)o2)CC1. The van der Waals surface area contributed by atoms with Crippen molar-refractivity contribution in [2.75, 3.05) is 19.6 Å². The molecule has 3 heterocycles. The van der Waals surface area contributed by atoms with E-state index in [1.807, 2.05) is 11.8 Å². The quantitative estimate of drug-likeness (QED) is 0.762. The summed E-state index contributed by atoms with van der Waals surface area (Å²) >= 11 is 0. The largest absolute Gasteiger partial charge is 0.423 e. The number of likely N-dealkylation sites (tertiary alicyclic amines) is 2. The van der Waals surface area contributed by atoms with Gasteiger partial charge in [-0.2, -0.15) is 0 Å². The molecule has 7 nitrogen and oxygen atoms in total. The van der Waals surface area contributed by atoms with Gasteiger partial charge in [0.1, 0.15) is 11.9 Å². The van der Waals surface area contributed by atoms with E-state index in [1.54, 1.807) is 17.0 Å². The zero-order valence-electron chi connectivity index (χ0n) is 17.2. The zero-order valence-corrected chi connectivity index (χ0v) is 17.2. The van der Waals surface area contributed by atoms with Crippen LogP contribution in [-0.4, -0.2) is 51.4 Å². The van der Waals surface area contributed by atoms with Gasteiger partial charge >= 0.3 is 0 Å². The van der Waals surface area contributed by atoms with E-state index in [4.69, 9.17) is 4.42 Å². The van der Waals surface area contributed by atoms with E-state index in [0.717, 1.165) is 32.1 Å². The zero-order chi connectivity index (χ0) is 21.1. The predicted molar refractivity (Wildman–Crippen MR) is 107 cm³/mol. The minimum absolute atomic E-state index is 0.128. The maximum absolute atomic E-state index is 13.6. The Kier molecular flexibility index (Phi) is 6.11. The molecule has 2 saturated heterocycles. The lowest BCUT2D eigenvalue weighted by Gasteiger charge is -2.33. The molecule has 30 heavy (non-hydrogen) atoms. The van der Waals surface area contributed by atoms with Gasteiger partial charge in [0, 0.05) is 37.5 Å². The summed E-state index contributed by atoms with van der Waals surface area (Å²) in [6.07, 6.45) is 4.71. The van der Waals surface area contributed by atoms with Crippen molar-refractivity contribution < 1.29 is 18.4 Å². The van der Waals surface area contributed by atoms with Crippen LogP contribution in [0.3, 0.4) is 0 Å². The van der Waals surface area contributed by atoms with E-state index in [1.165, 1.54) is 12.1 Å². The molecule has 8 heteroatoms. The third-order valence-electron chi connectivity index (χ3n) is 6.08. The van der Waals surface area contributed by atoms with Crippen LogP contribution in [0.25, 0.3) is 0 Å². The van der Waals surface area contributed by atoms with Gasteiger partial charge in [-0.1, -0.05) is 13.0 Å². The van der Waals surface area contributed by atoms with Crippen LogP contribution in [0.1, 0.15) is 79.5 Å². The van der Waals surface area contributed by atoms with Crippen molar-refractivity contribution in [2.45, 2.75) is 57.4 Å². The molecule has 0 saturated carbocycles. The molecule has 0 unspecified atom stereocenters. The van der Waals surface area contributed by atoms with Gasteiger partial charge in [-0.15, -0.1) is 10.2 Å². The molecule has 1 aromatic heterocycles. The van der Waals surface area contributed by atoms with Crippen molar-refractivity contribution in [3.8, 4) is 0 Å². The van der Waals surface area contributed by atoms with Crippen LogP contribution in [0, 0.1) is 5.82 Å². The molecule has 2 amide bonds. The summed E-state index contributed by atoms with van der Waals surface area (Å²) in [6, 6.07) is 5.47. The van der Waals surface area contributed by atoms with Crippen molar-refractivity contribution in [3.63, 3.8) is 0 Å². The van der Waals surface area contributed by atoms with Crippen LogP contribution < -0.4 is 0 Å². The van der Waals surface area contributed by atoms with Gasteiger partial charge in [0.2, 0.25) is 17.7 Å². The van der Waals surface area contributed by atoms with E-state index < -0.39 is 5.82 Å². The number of amides is 2. The fourth-order valence-corrected chi connectivity index (χ4v) is 4.36. The number of rotatable bonds is 4. The molecule has 0 spiro atoms. The molecule has 1 atom stereocenters. The fourth-order valence-electron chi connectivity index (χ4n) is 4.36. The number of hydrogen-bond acceptors (Lipinski definition) is 5. The van der Waals surface area contributed by atoms with Crippen LogP contribution in [0.4, 0.5) is 4.39 Å². The fraction of sp³-hybridized carbons (Fsp3) is 0.545. The first-order chi connectivity index (χ1) is 14.6. The lowest BCUT2D eigenvalue weighted by molar-refractivity contribution is -0.131. The van der Waals surface area contributed by atoms with Crippen molar-refractivity contribution in [1.82, 2.24) is 20.0 Å². The van der Waals surface area contributed by atoms with Crippen molar-refractivity contribution in [2.24, 2.45) is 0 Å².